The van der Waals surface area contributed by atoms with E-state index in [1.165, 1.54) is 44.9 Å². The number of ether oxygens (including phenoxy) is 1. The second kappa shape index (κ2) is 10.5. The van der Waals surface area contributed by atoms with E-state index in [0.717, 1.165) is 36.5 Å². The molecule has 0 radical (unpaired) electrons. The van der Waals surface area contributed by atoms with Crippen molar-refractivity contribution in [3.05, 3.63) is 23.8 Å². The minimum atomic E-state index is -0.0415. The minimum absolute atomic E-state index is 0.0415. The zero-order chi connectivity index (χ0) is 23.5. The summed E-state index contributed by atoms with van der Waals surface area (Å²) >= 11 is 0. The summed E-state index contributed by atoms with van der Waals surface area (Å²) in [5.74, 6) is 3.84. The quantitative estimate of drug-likeness (QED) is 0.278. The molecule has 3 aliphatic rings. The number of carbonyl (C=O) groups excluding carboxylic acids is 1. The highest BCUT2D eigenvalue weighted by atomic mass is 16.5. The first-order chi connectivity index (χ1) is 15.1. The number of esters is 1. The molecule has 0 aromatic rings. The lowest BCUT2D eigenvalue weighted by Crippen LogP contribution is -2.41. The zero-order valence-corrected chi connectivity index (χ0v) is 22.1. The molecule has 0 aromatic heterocycles. The molecule has 0 amide bonds. The van der Waals surface area contributed by atoms with Gasteiger partial charge in [0.1, 0.15) is 6.10 Å². The van der Waals surface area contributed by atoms with E-state index in [1.807, 2.05) is 6.92 Å². The monoisotopic (exact) mass is 442 g/mol. The fourth-order valence-corrected chi connectivity index (χ4v) is 7.58. The normalized spacial score (nSPS) is 38.6. The lowest BCUT2D eigenvalue weighted by Gasteiger charge is -2.49. The summed E-state index contributed by atoms with van der Waals surface area (Å²) in [4.78, 5) is 11.8. The van der Waals surface area contributed by atoms with Crippen molar-refractivity contribution in [3.8, 4) is 0 Å². The summed E-state index contributed by atoms with van der Waals surface area (Å²) < 4.78 is 5.71. The van der Waals surface area contributed by atoms with Crippen LogP contribution in [0.15, 0.2) is 23.8 Å². The van der Waals surface area contributed by atoms with Gasteiger partial charge in [-0.05, 0) is 85.4 Å². The molecule has 2 nitrogen and oxygen atoms in total. The third kappa shape index (κ3) is 5.36. The zero-order valence-electron chi connectivity index (χ0n) is 22.1. The Morgan fingerprint density at radius 1 is 1.19 bits per heavy atom. The molecule has 0 bridgehead atoms. The van der Waals surface area contributed by atoms with Crippen molar-refractivity contribution in [2.75, 3.05) is 0 Å². The van der Waals surface area contributed by atoms with E-state index in [2.05, 4.69) is 59.8 Å². The topological polar surface area (TPSA) is 26.3 Å². The van der Waals surface area contributed by atoms with E-state index in [9.17, 15) is 4.79 Å². The molecule has 32 heavy (non-hydrogen) atoms. The van der Waals surface area contributed by atoms with Crippen molar-refractivity contribution in [3.63, 3.8) is 0 Å². The molecule has 7 atom stereocenters. The van der Waals surface area contributed by atoms with E-state index < -0.39 is 0 Å². The molecule has 2 fully saturated rings. The van der Waals surface area contributed by atoms with Crippen LogP contribution < -0.4 is 0 Å². The van der Waals surface area contributed by atoms with Gasteiger partial charge in [0.15, 0.2) is 0 Å². The lowest BCUT2D eigenvalue weighted by atomic mass is 9.56. The Kier molecular flexibility index (Phi) is 8.37. The number of fused-ring (bicyclic) bond motifs is 1. The molecule has 0 N–H and O–H groups in total. The first-order valence-corrected chi connectivity index (χ1v) is 13.7. The molecule has 2 saturated carbocycles. The molecule has 0 unspecified atom stereocenters. The molecular formula is C30H50O2. The summed E-state index contributed by atoms with van der Waals surface area (Å²) in [6, 6.07) is 0. The summed E-state index contributed by atoms with van der Waals surface area (Å²) in [6.45, 7) is 16.5. The van der Waals surface area contributed by atoms with Gasteiger partial charge in [-0.2, -0.15) is 0 Å². The predicted molar refractivity (Wildman–Crippen MR) is 135 cm³/mol. The first kappa shape index (κ1) is 25.6. The van der Waals surface area contributed by atoms with Crippen LogP contribution >= 0.6 is 0 Å². The van der Waals surface area contributed by atoms with Crippen molar-refractivity contribution in [1.29, 1.82) is 0 Å². The average molecular weight is 443 g/mol. The number of carbonyl (C=O) groups is 1. The van der Waals surface area contributed by atoms with Gasteiger partial charge in [-0.15, -0.1) is 0 Å². The Balaban J connectivity index is 1.70. The lowest BCUT2D eigenvalue weighted by molar-refractivity contribution is -0.150. The summed E-state index contributed by atoms with van der Waals surface area (Å²) in [5, 5.41) is 0. The van der Waals surface area contributed by atoms with Crippen molar-refractivity contribution >= 4 is 5.97 Å². The smallest absolute Gasteiger partial charge is 0.305 e. The highest BCUT2D eigenvalue weighted by Crippen LogP contribution is 2.60. The van der Waals surface area contributed by atoms with Crippen LogP contribution in [0.4, 0.5) is 0 Å². The van der Waals surface area contributed by atoms with E-state index in [4.69, 9.17) is 4.74 Å². The third-order valence-electron chi connectivity index (χ3n) is 9.70. The van der Waals surface area contributed by atoms with Crippen LogP contribution in [0.3, 0.4) is 0 Å². The van der Waals surface area contributed by atoms with Crippen LogP contribution in [-0.2, 0) is 9.53 Å². The van der Waals surface area contributed by atoms with Gasteiger partial charge in [-0.1, -0.05) is 78.7 Å². The van der Waals surface area contributed by atoms with Crippen molar-refractivity contribution in [2.24, 2.45) is 40.4 Å². The largest absolute Gasteiger partial charge is 0.462 e. The summed E-state index contributed by atoms with van der Waals surface area (Å²) in [6.07, 6.45) is 19.1. The van der Waals surface area contributed by atoms with Gasteiger partial charge in [0.2, 0.25) is 0 Å². The van der Waals surface area contributed by atoms with Crippen LogP contribution in [0.1, 0.15) is 113 Å². The highest BCUT2D eigenvalue weighted by Gasteiger charge is 2.51. The van der Waals surface area contributed by atoms with E-state index in [0.29, 0.717) is 23.2 Å². The number of hydrogen-bond acceptors (Lipinski definition) is 2. The Morgan fingerprint density at radius 3 is 2.59 bits per heavy atom. The molecule has 0 spiro atoms. The van der Waals surface area contributed by atoms with Gasteiger partial charge in [0, 0.05) is 12.8 Å². The standard InChI is InChI=1S/C30H50O2/c1-8-28(31)32-25-17-18-29(6)20-23(13-14-24(29)19-25)27-16-15-26(30(27,7)9-2)22(5)12-10-11-21(3)4/h10,12,14,21-23,25-27H,8-9,11,13,15-20H2,1-7H3/b12-10+/t22-,23-,25+,26-,27+,29-,30-/m1/s1. The fraction of sp³-hybridized carbons (Fsp3) is 0.833. The number of rotatable bonds is 8. The maximum absolute atomic E-state index is 11.8. The summed E-state index contributed by atoms with van der Waals surface area (Å²) in [5.41, 5.74) is 2.33. The molecule has 0 heterocycles. The predicted octanol–water partition coefficient (Wildman–Crippen LogP) is 8.52. The van der Waals surface area contributed by atoms with Gasteiger partial charge in [-0.25, -0.2) is 0 Å². The van der Waals surface area contributed by atoms with Crippen LogP contribution in [0, 0.1) is 40.4 Å². The van der Waals surface area contributed by atoms with Crippen LogP contribution in [0.2, 0.25) is 0 Å². The average Bonchev–Trinajstić information content (AvgIpc) is 3.10. The minimum Gasteiger partial charge on any atom is -0.462 e. The number of hydrogen-bond donors (Lipinski definition) is 0. The Bertz CT molecular complexity index is 704. The third-order valence-corrected chi connectivity index (χ3v) is 9.70. The Labute approximate surface area is 198 Å². The Morgan fingerprint density at radius 2 is 1.94 bits per heavy atom. The highest BCUT2D eigenvalue weighted by molar-refractivity contribution is 5.69. The molecule has 0 aliphatic heterocycles. The molecule has 182 valence electrons. The van der Waals surface area contributed by atoms with Crippen molar-refractivity contribution in [1.82, 2.24) is 0 Å². The van der Waals surface area contributed by atoms with Crippen molar-refractivity contribution < 1.29 is 9.53 Å². The van der Waals surface area contributed by atoms with Crippen LogP contribution in [-0.4, -0.2) is 12.1 Å². The van der Waals surface area contributed by atoms with Gasteiger partial charge in [0.25, 0.3) is 0 Å². The van der Waals surface area contributed by atoms with E-state index in [-0.39, 0.29) is 12.1 Å². The molecule has 3 rings (SSSR count). The number of allylic oxidation sites excluding steroid dienone is 3. The second-order valence-corrected chi connectivity index (χ2v) is 12.3. The van der Waals surface area contributed by atoms with Gasteiger partial charge >= 0.3 is 5.97 Å². The Hall–Kier alpha value is -1.05. The fourth-order valence-electron chi connectivity index (χ4n) is 7.58. The molecule has 3 aliphatic carbocycles. The van der Waals surface area contributed by atoms with Gasteiger partial charge in [0.05, 0.1) is 0 Å². The second-order valence-electron chi connectivity index (χ2n) is 12.3. The van der Waals surface area contributed by atoms with Crippen LogP contribution in [0.5, 0.6) is 0 Å². The molecule has 0 aromatic carbocycles. The SMILES string of the molecule is CCC(=O)O[C@H]1CC[C@]2(C)C[C@H]([C@@H]3CC[C@H]([C@H](C)/C=C/CC(C)C)[C@@]3(C)CC)CC=C2C1. The van der Waals surface area contributed by atoms with Gasteiger partial charge < -0.3 is 4.74 Å². The van der Waals surface area contributed by atoms with Gasteiger partial charge in [-0.3, -0.25) is 4.79 Å². The molecule has 0 saturated heterocycles. The first-order valence-electron chi connectivity index (χ1n) is 13.7. The molecular weight excluding hydrogens is 392 g/mol. The van der Waals surface area contributed by atoms with E-state index >= 15 is 0 Å². The summed E-state index contributed by atoms with van der Waals surface area (Å²) in [7, 11) is 0. The van der Waals surface area contributed by atoms with Crippen molar-refractivity contribution in [2.45, 2.75) is 119 Å². The maximum atomic E-state index is 11.8. The molecule has 2 heteroatoms. The van der Waals surface area contributed by atoms with Crippen LogP contribution in [0.25, 0.3) is 0 Å². The van der Waals surface area contributed by atoms with E-state index in [1.54, 1.807) is 5.57 Å². The maximum Gasteiger partial charge on any atom is 0.305 e.